The van der Waals surface area contributed by atoms with Crippen molar-refractivity contribution in [1.82, 2.24) is 0 Å². The maximum absolute atomic E-state index is 6.66. The van der Waals surface area contributed by atoms with Gasteiger partial charge in [-0.3, -0.25) is 0 Å². The molecule has 2 heterocycles. The monoisotopic (exact) mass is 518 g/mol. The van der Waals surface area contributed by atoms with Crippen LogP contribution >= 0.6 is 11.8 Å². The molecule has 0 bridgehead atoms. The van der Waals surface area contributed by atoms with Crippen molar-refractivity contribution in [2.75, 3.05) is 26.6 Å². The Balaban J connectivity index is 1.58. The molecule has 0 aromatic heterocycles. The Morgan fingerprint density at radius 2 is 1.36 bits per heavy atom. The van der Waals surface area contributed by atoms with E-state index in [0.717, 1.165) is 16.9 Å². The molecule has 2 aromatic carbocycles. The van der Waals surface area contributed by atoms with Crippen LogP contribution in [0.1, 0.15) is 31.9 Å². The average Bonchev–Trinajstić information content (AvgIpc) is 2.91. The summed E-state index contributed by atoms with van der Waals surface area (Å²) in [4.78, 5) is 0. The molecule has 2 aliphatic heterocycles. The Morgan fingerprint density at radius 1 is 0.806 bits per heavy atom. The van der Waals surface area contributed by atoms with Gasteiger partial charge in [0, 0.05) is 14.2 Å². The van der Waals surface area contributed by atoms with E-state index in [2.05, 4.69) is 6.92 Å². The van der Waals surface area contributed by atoms with E-state index in [9.17, 15) is 0 Å². The van der Waals surface area contributed by atoms with Gasteiger partial charge in [-0.05, 0) is 30.7 Å². The molecule has 0 saturated carbocycles. The van der Waals surface area contributed by atoms with Crippen LogP contribution in [0.25, 0.3) is 0 Å². The zero-order valence-corrected chi connectivity index (χ0v) is 22.6. The fourth-order valence-electron chi connectivity index (χ4n) is 4.61. The van der Waals surface area contributed by atoms with Crippen LogP contribution in [0.2, 0.25) is 0 Å². The minimum absolute atomic E-state index is 0.280. The lowest BCUT2D eigenvalue weighted by molar-refractivity contribution is -0.469. The van der Waals surface area contributed by atoms with Gasteiger partial charge in [0.05, 0.1) is 19.8 Å². The second kappa shape index (κ2) is 12.4. The Hall–Kier alpha value is -1.49. The summed E-state index contributed by atoms with van der Waals surface area (Å²) in [5.74, 6) is -1.42. The summed E-state index contributed by atoms with van der Waals surface area (Å²) in [5.41, 5.74) is 1.89. The first-order valence-corrected chi connectivity index (χ1v) is 13.5. The standard InChI is InChI=1S/C28H38O7S/c1-6-36-26-25-24(34-27(2,29-4)28(3,30-5)35-25)23(32-18-21-15-11-8-12-16-21)22(33-26)19-31-17-20-13-9-7-10-14-20/h7-16,22-26H,6,17-19H2,1-5H3/t22-,23-,24+,25-,26+,27-,28-/m1/s1. The third-order valence-corrected chi connectivity index (χ3v) is 7.97. The molecular weight excluding hydrogens is 480 g/mol. The summed E-state index contributed by atoms with van der Waals surface area (Å²) in [6, 6.07) is 20.2. The molecule has 0 aliphatic carbocycles. The molecule has 8 heteroatoms. The average molecular weight is 519 g/mol. The zero-order valence-electron chi connectivity index (χ0n) is 21.8. The fraction of sp³-hybridized carbons (Fsp3) is 0.571. The van der Waals surface area contributed by atoms with Crippen LogP contribution < -0.4 is 0 Å². The molecule has 0 N–H and O–H groups in total. The molecular formula is C28H38O7S. The van der Waals surface area contributed by atoms with Crippen LogP contribution in [0.3, 0.4) is 0 Å². The SMILES string of the molecule is CCS[C@@H]1O[C@H](COCc2ccccc2)[C@@H](OCc2ccccc2)[C@@H]2O[C@@](C)(OC)[C@](C)(OC)O[C@H]21. The second-order valence-corrected chi connectivity index (χ2v) is 10.6. The number of ether oxygens (including phenoxy) is 7. The van der Waals surface area contributed by atoms with Crippen molar-refractivity contribution in [3.05, 3.63) is 71.8 Å². The van der Waals surface area contributed by atoms with Gasteiger partial charge in [0.1, 0.15) is 29.9 Å². The Bertz CT molecular complexity index is 932. The first-order valence-electron chi connectivity index (χ1n) is 12.4. The predicted octanol–water partition coefficient (Wildman–Crippen LogP) is 4.78. The van der Waals surface area contributed by atoms with Gasteiger partial charge >= 0.3 is 0 Å². The van der Waals surface area contributed by atoms with Gasteiger partial charge in [-0.1, -0.05) is 67.6 Å². The highest BCUT2D eigenvalue weighted by Gasteiger charge is 2.62. The minimum atomic E-state index is -1.15. The van der Waals surface area contributed by atoms with E-state index in [4.69, 9.17) is 33.2 Å². The van der Waals surface area contributed by atoms with Gasteiger partial charge in [-0.2, -0.15) is 0 Å². The van der Waals surface area contributed by atoms with Crippen molar-refractivity contribution in [2.24, 2.45) is 0 Å². The number of fused-ring (bicyclic) bond motifs is 1. The van der Waals surface area contributed by atoms with Crippen LogP contribution in [0.5, 0.6) is 0 Å². The van der Waals surface area contributed by atoms with E-state index in [0.29, 0.717) is 19.8 Å². The molecule has 2 aliphatic rings. The molecule has 7 atom stereocenters. The number of thioether (sulfide) groups is 1. The Labute approximate surface area is 218 Å². The lowest BCUT2D eigenvalue weighted by Gasteiger charge is -2.57. The maximum Gasteiger partial charge on any atom is 0.220 e. The summed E-state index contributed by atoms with van der Waals surface area (Å²) >= 11 is 1.67. The van der Waals surface area contributed by atoms with Crippen molar-refractivity contribution in [3.8, 4) is 0 Å². The third-order valence-electron chi connectivity index (χ3n) is 6.93. The van der Waals surface area contributed by atoms with Crippen molar-refractivity contribution in [1.29, 1.82) is 0 Å². The molecule has 2 aromatic rings. The number of hydrogen-bond donors (Lipinski definition) is 0. The topological polar surface area (TPSA) is 64.6 Å². The molecule has 198 valence electrons. The van der Waals surface area contributed by atoms with Crippen LogP contribution in [0.15, 0.2) is 60.7 Å². The van der Waals surface area contributed by atoms with Crippen LogP contribution in [-0.4, -0.2) is 68.0 Å². The molecule has 4 rings (SSSR count). The first-order chi connectivity index (χ1) is 17.4. The number of rotatable bonds is 11. The van der Waals surface area contributed by atoms with E-state index in [1.807, 2.05) is 74.5 Å². The normalized spacial score (nSPS) is 34.3. The summed E-state index contributed by atoms with van der Waals surface area (Å²) in [6.45, 7) is 7.01. The summed E-state index contributed by atoms with van der Waals surface area (Å²) < 4.78 is 44.0. The predicted molar refractivity (Wildman–Crippen MR) is 138 cm³/mol. The van der Waals surface area contributed by atoms with Crippen LogP contribution in [-0.2, 0) is 46.4 Å². The van der Waals surface area contributed by atoms with Gasteiger partial charge < -0.3 is 33.2 Å². The van der Waals surface area contributed by atoms with Gasteiger partial charge in [0.2, 0.25) is 11.6 Å². The Kier molecular flexibility index (Phi) is 9.46. The molecule has 2 saturated heterocycles. The minimum Gasteiger partial charge on any atom is -0.374 e. The van der Waals surface area contributed by atoms with Crippen molar-refractivity contribution < 1.29 is 33.2 Å². The van der Waals surface area contributed by atoms with E-state index in [1.54, 1.807) is 26.0 Å². The molecule has 7 nitrogen and oxygen atoms in total. The molecule has 2 fully saturated rings. The highest BCUT2D eigenvalue weighted by Crippen LogP contribution is 2.46. The number of methoxy groups -OCH3 is 2. The van der Waals surface area contributed by atoms with E-state index in [-0.39, 0.29) is 11.5 Å². The maximum atomic E-state index is 6.66. The molecule has 0 radical (unpaired) electrons. The lowest BCUT2D eigenvalue weighted by atomic mass is 9.95. The highest BCUT2D eigenvalue weighted by molar-refractivity contribution is 7.99. The molecule has 0 unspecified atom stereocenters. The molecule has 0 spiro atoms. The number of hydrogen-bond acceptors (Lipinski definition) is 8. The van der Waals surface area contributed by atoms with Crippen molar-refractivity contribution in [3.63, 3.8) is 0 Å². The summed E-state index contributed by atoms with van der Waals surface area (Å²) in [5, 5.41) is 0. The van der Waals surface area contributed by atoms with Crippen LogP contribution in [0.4, 0.5) is 0 Å². The highest BCUT2D eigenvalue weighted by atomic mass is 32.2. The second-order valence-electron chi connectivity index (χ2n) is 9.22. The van der Waals surface area contributed by atoms with Gasteiger partial charge in [-0.25, -0.2) is 0 Å². The largest absolute Gasteiger partial charge is 0.374 e. The lowest BCUT2D eigenvalue weighted by Crippen LogP contribution is -2.72. The smallest absolute Gasteiger partial charge is 0.220 e. The first kappa shape index (κ1) is 27.5. The quantitative estimate of drug-likeness (QED) is 0.421. The van der Waals surface area contributed by atoms with Crippen LogP contribution in [0, 0.1) is 0 Å². The van der Waals surface area contributed by atoms with Crippen molar-refractivity contribution >= 4 is 11.8 Å². The summed E-state index contributed by atoms with van der Waals surface area (Å²) in [6.07, 6.45) is -1.69. The Morgan fingerprint density at radius 3 is 1.92 bits per heavy atom. The van der Waals surface area contributed by atoms with E-state index in [1.165, 1.54) is 0 Å². The zero-order chi connectivity index (χ0) is 25.6. The number of benzene rings is 2. The van der Waals surface area contributed by atoms with Gasteiger partial charge in [0.25, 0.3) is 0 Å². The summed E-state index contributed by atoms with van der Waals surface area (Å²) in [7, 11) is 3.19. The van der Waals surface area contributed by atoms with Gasteiger partial charge in [-0.15, -0.1) is 11.8 Å². The van der Waals surface area contributed by atoms with Crippen molar-refractivity contribution in [2.45, 2.75) is 75.4 Å². The fourth-order valence-corrected chi connectivity index (χ4v) is 5.56. The van der Waals surface area contributed by atoms with E-state index >= 15 is 0 Å². The van der Waals surface area contributed by atoms with E-state index < -0.39 is 29.9 Å². The van der Waals surface area contributed by atoms with Gasteiger partial charge in [0.15, 0.2) is 0 Å². The molecule has 0 amide bonds. The third kappa shape index (κ3) is 5.97. The molecule has 36 heavy (non-hydrogen) atoms.